The van der Waals surface area contributed by atoms with E-state index >= 15 is 0 Å². The van der Waals surface area contributed by atoms with Crippen molar-refractivity contribution in [3.63, 3.8) is 0 Å². The van der Waals surface area contributed by atoms with E-state index in [-0.39, 0.29) is 5.91 Å². The quantitative estimate of drug-likeness (QED) is 0.338. The maximum Gasteiger partial charge on any atom is 0.229 e. The topological polar surface area (TPSA) is 65.5 Å². The lowest BCUT2D eigenvalue weighted by Crippen LogP contribution is -2.24. The number of nitrogens with two attached hydrogens (primary N) is 1. The second kappa shape index (κ2) is 9.02. The fourth-order valence-corrected chi connectivity index (χ4v) is 5.04. The lowest BCUT2D eigenvalue weighted by atomic mass is 9.81. The van der Waals surface area contributed by atoms with Crippen LogP contribution in [0.25, 0.3) is 22.1 Å². The van der Waals surface area contributed by atoms with Gasteiger partial charge in [0.05, 0.1) is 13.0 Å². The Hall–Kier alpha value is -3.53. The first-order valence-electron chi connectivity index (χ1n) is 11.7. The minimum Gasteiger partial charge on any atom is -0.497 e. The Morgan fingerprint density at radius 1 is 0.853 bits per heavy atom. The Bertz CT molecular complexity index is 1360. The van der Waals surface area contributed by atoms with Crippen molar-refractivity contribution in [2.75, 3.05) is 7.11 Å². The van der Waals surface area contributed by atoms with Gasteiger partial charge in [0.25, 0.3) is 0 Å². The largest absolute Gasteiger partial charge is 0.497 e. The van der Waals surface area contributed by atoms with Crippen LogP contribution in [0.1, 0.15) is 64.8 Å². The first-order chi connectivity index (χ1) is 16.1. The first kappa shape index (κ1) is 23.6. The SMILES string of the molecule is COc1ccc(C(C(N)=O)c2c(C)c(C)c3oc(C)c(-c4ccc(C(C)C)cc4)c3c2C)cc1. The molecule has 0 saturated carbocycles. The molecule has 0 fully saturated rings. The standard InChI is InChI=1S/C30H33NO3/c1-16(2)21-8-10-22(11-9-21)27-20(6)34-29-18(4)17(3)25(19(5)26(27)29)28(30(31)32)23-12-14-24(33-7)15-13-23/h8-16,28H,1-7H3,(H2,31,32). The van der Waals surface area contributed by atoms with E-state index in [1.165, 1.54) is 5.56 Å². The van der Waals surface area contributed by atoms with Gasteiger partial charge in [-0.15, -0.1) is 0 Å². The van der Waals surface area contributed by atoms with Crippen LogP contribution in [0.15, 0.2) is 52.9 Å². The van der Waals surface area contributed by atoms with Crippen LogP contribution in [-0.4, -0.2) is 13.0 Å². The summed E-state index contributed by atoms with van der Waals surface area (Å²) in [6.07, 6.45) is 0. The molecule has 0 spiro atoms. The molecule has 3 aromatic carbocycles. The van der Waals surface area contributed by atoms with E-state index in [4.69, 9.17) is 14.9 Å². The number of carbonyl (C=O) groups is 1. The highest BCUT2D eigenvalue weighted by molar-refractivity contribution is 6.02. The molecule has 0 aliphatic rings. The lowest BCUT2D eigenvalue weighted by Gasteiger charge is -2.22. The zero-order valence-electron chi connectivity index (χ0n) is 21.1. The van der Waals surface area contributed by atoms with Crippen LogP contribution in [0.5, 0.6) is 5.75 Å². The van der Waals surface area contributed by atoms with Crippen LogP contribution in [0.3, 0.4) is 0 Å². The molecule has 1 unspecified atom stereocenters. The molecular weight excluding hydrogens is 422 g/mol. The summed E-state index contributed by atoms with van der Waals surface area (Å²) in [7, 11) is 1.63. The molecule has 1 amide bonds. The van der Waals surface area contributed by atoms with Crippen molar-refractivity contribution in [1.82, 2.24) is 0 Å². The minimum absolute atomic E-state index is 0.377. The number of fused-ring (bicyclic) bond motifs is 1. The third-order valence-electron chi connectivity index (χ3n) is 7.06. The number of amides is 1. The molecule has 0 aliphatic heterocycles. The van der Waals surface area contributed by atoms with E-state index < -0.39 is 5.92 Å². The van der Waals surface area contributed by atoms with Gasteiger partial charge in [-0.2, -0.15) is 0 Å². The Balaban J connectivity index is 1.99. The fourth-order valence-electron chi connectivity index (χ4n) is 5.04. The number of ether oxygens (including phenoxy) is 1. The van der Waals surface area contributed by atoms with Gasteiger partial charge in [0.1, 0.15) is 17.1 Å². The number of carbonyl (C=O) groups excluding carboxylic acids is 1. The van der Waals surface area contributed by atoms with Crippen molar-refractivity contribution in [2.45, 2.75) is 53.4 Å². The van der Waals surface area contributed by atoms with E-state index in [9.17, 15) is 4.79 Å². The second-order valence-corrected chi connectivity index (χ2v) is 9.41. The Kier molecular flexibility index (Phi) is 6.26. The first-order valence-corrected chi connectivity index (χ1v) is 11.7. The van der Waals surface area contributed by atoms with Crippen LogP contribution < -0.4 is 10.5 Å². The molecule has 4 heteroatoms. The molecule has 0 bridgehead atoms. The summed E-state index contributed by atoms with van der Waals surface area (Å²) < 4.78 is 11.6. The summed E-state index contributed by atoms with van der Waals surface area (Å²) in [5.41, 5.74) is 15.2. The zero-order chi connectivity index (χ0) is 24.7. The molecule has 4 nitrogen and oxygen atoms in total. The smallest absolute Gasteiger partial charge is 0.229 e. The summed E-state index contributed by atoms with van der Waals surface area (Å²) in [5, 5.41) is 1.05. The molecule has 0 saturated heterocycles. The third kappa shape index (κ3) is 3.87. The van der Waals surface area contributed by atoms with Crippen molar-refractivity contribution in [2.24, 2.45) is 5.73 Å². The summed E-state index contributed by atoms with van der Waals surface area (Å²) in [4.78, 5) is 12.8. The molecule has 176 valence electrons. The number of benzene rings is 3. The summed E-state index contributed by atoms with van der Waals surface area (Å²) in [6, 6.07) is 16.2. The Labute approximate surface area is 201 Å². The molecule has 34 heavy (non-hydrogen) atoms. The second-order valence-electron chi connectivity index (χ2n) is 9.41. The van der Waals surface area contributed by atoms with E-state index in [1.807, 2.05) is 38.1 Å². The zero-order valence-corrected chi connectivity index (χ0v) is 21.1. The number of methoxy groups -OCH3 is 1. The number of hydrogen-bond donors (Lipinski definition) is 1. The van der Waals surface area contributed by atoms with Gasteiger partial charge in [0, 0.05) is 10.9 Å². The Morgan fingerprint density at radius 2 is 1.44 bits per heavy atom. The van der Waals surface area contributed by atoms with E-state index in [0.29, 0.717) is 5.92 Å². The molecule has 1 atom stereocenters. The van der Waals surface area contributed by atoms with Gasteiger partial charge in [0.15, 0.2) is 0 Å². The molecule has 0 radical (unpaired) electrons. The van der Waals surface area contributed by atoms with Crippen LogP contribution in [0, 0.1) is 27.7 Å². The van der Waals surface area contributed by atoms with Crippen LogP contribution in [0.4, 0.5) is 0 Å². The van der Waals surface area contributed by atoms with Crippen molar-refractivity contribution >= 4 is 16.9 Å². The third-order valence-corrected chi connectivity index (χ3v) is 7.06. The minimum atomic E-state index is -0.569. The van der Waals surface area contributed by atoms with Gasteiger partial charge in [0.2, 0.25) is 5.91 Å². The van der Waals surface area contributed by atoms with Gasteiger partial charge in [-0.25, -0.2) is 0 Å². The number of hydrogen-bond acceptors (Lipinski definition) is 3. The highest BCUT2D eigenvalue weighted by Gasteiger charge is 2.29. The van der Waals surface area contributed by atoms with Gasteiger partial charge in [-0.05, 0) is 84.7 Å². The van der Waals surface area contributed by atoms with E-state index in [0.717, 1.165) is 61.4 Å². The monoisotopic (exact) mass is 455 g/mol. The average Bonchev–Trinajstić information content (AvgIpc) is 3.17. The molecule has 1 aromatic heterocycles. The highest BCUT2D eigenvalue weighted by atomic mass is 16.5. The Morgan fingerprint density at radius 3 is 1.97 bits per heavy atom. The predicted octanol–water partition coefficient (Wildman–Crippen LogP) is 7.08. The van der Waals surface area contributed by atoms with Crippen molar-refractivity contribution in [1.29, 1.82) is 0 Å². The highest BCUT2D eigenvalue weighted by Crippen LogP contribution is 2.44. The van der Waals surface area contributed by atoms with E-state index in [2.05, 4.69) is 52.0 Å². The average molecular weight is 456 g/mol. The van der Waals surface area contributed by atoms with Gasteiger partial charge < -0.3 is 14.9 Å². The van der Waals surface area contributed by atoms with Crippen molar-refractivity contribution in [3.05, 3.63) is 87.7 Å². The van der Waals surface area contributed by atoms with Gasteiger partial charge >= 0.3 is 0 Å². The van der Waals surface area contributed by atoms with Crippen LogP contribution in [-0.2, 0) is 4.79 Å². The predicted molar refractivity (Wildman–Crippen MR) is 139 cm³/mol. The van der Waals surface area contributed by atoms with E-state index in [1.54, 1.807) is 7.11 Å². The number of primary amides is 1. The molecule has 1 heterocycles. The molecule has 4 rings (SSSR count). The summed E-state index contributed by atoms with van der Waals surface area (Å²) >= 11 is 0. The summed E-state index contributed by atoms with van der Waals surface area (Å²) in [5.74, 6) is 1.13. The summed E-state index contributed by atoms with van der Waals surface area (Å²) in [6.45, 7) is 12.6. The maximum absolute atomic E-state index is 12.8. The molecular formula is C30H33NO3. The van der Waals surface area contributed by atoms with Gasteiger partial charge in [-0.3, -0.25) is 4.79 Å². The lowest BCUT2D eigenvalue weighted by molar-refractivity contribution is -0.118. The van der Waals surface area contributed by atoms with Crippen molar-refractivity contribution in [3.8, 4) is 16.9 Å². The van der Waals surface area contributed by atoms with Crippen molar-refractivity contribution < 1.29 is 13.9 Å². The number of aryl methyl sites for hydroxylation is 3. The number of furan rings is 1. The molecule has 4 aromatic rings. The molecule has 0 aliphatic carbocycles. The van der Waals surface area contributed by atoms with Crippen LogP contribution >= 0.6 is 0 Å². The number of rotatable bonds is 6. The maximum atomic E-state index is 12.8. The van der Waals surface area contributed by atoms with Gasteiger partial charge in [-0.1, -0.05) is 50.2 Å². The van der Waals surface area contributed by atoms with Crippen LogP contribution in [0.2, 0.25) is 0 Å². The fraction of sp³-hybridized carbons (Fsp3) is 0.300. The molecule has 2 N–H and O–H groups in total. The normalized spacial score (nSPS) is 12.4.